The largest absolute Gasteiger partial charge is 0.475 e. The molecule has 1 aromatic rings. The van der Waals surface area contributed by atoms with E-state index in [4.69, 9.17) is 14.3 Å². The summed E-state index contributed by atoms with van der Waals surface area (Å²) in [7, 11) is 0. The number of carbonyl (C=O) groups is 1. The van der Waals surface area contributed by atoms with Gasteiger partial charge in [-0.1, -0.05) is 13.8 Å². The van der Waals surface area contributed by atoms with Gasteiger partial charge in [0.2, 0.25) is 5.76 Å². The molecule has 94 valence electrons. The number of carboxylic acid groups (broad SMARTS) is 1. The molecular formula is C12H17NO4. The van der Waals surface area contributed by atoms with E-state index in [1.54, 1.807) is 0 Å². The third-order valence-corrected chi connectivity index (χ3v) is 2.91. The van der Waals surface area contributed by atoms with Crippen LogP contribution in [0.1, 0.15) is 60.7 Å². The third kappa shape index (κ3) is 2.49. The van der Waals surface area contributed by atoms with Crippen molar-refractivity contribution in [2.75, 3.05) is 13.2 Å². The van der Waals surface area contributed by atoms with Crippen LogP contribution in [0.4, 0.5) is 0 Å². The van der Waals surface area contributed by atoms with Crippen molar-refractivity contribution in [1.29, 1.82) is 0 Å². The van der Waals surface area contributed by atoms with E-state index >= 15 is 0 Å². The Labute approximate surface area is 99.8 Å². The van der Waals surface area contributed by atoms with E-state index in [1.807, 2.05) is 13.8 Å². The molecule has 0 radical (unpaired) electrons. The SMILES string of the molecule is CC(C)c1nc(C2CCCOC2)c(C(=O)O)o1. The zero-order valence-electron chi connectivity index (χ0n) is 10.1. The smallest absolute Gasteiger partial charge is 0.373 e. The number of ether oxygens (including phenoxy) is 1. The summed E-state index contributed by atoms with van der Waals surface area (Å²) in [5.74, 6) is -0.449. The number of hydrogen-bond donors (Lipinski definition) is 1. The standard InChI is InChI=1S/C12H17NO4/c1-7(2)11-13-9(10(17-11)12(14)15)8-4-3-5-16-6-8/h7-8H,3-6H2,1-2H3,(H,14,15). The normalized spacial score (nSPS) is 20.8. The zero-order chi connectivity index (χ0) is 12.4. The Balaban J connectivity index is 2.32. The van der Waals surface area contributed by atoms with E-state index in [-0.39, 0.29) is 17.6 Å². The molecule has 5 heteroatoms. The lowest BCUT2D eigenvalue weighted by atomic mass is 9.97. The molecule has 1 unspecified atom stereocenters. The fraction of sp³-hybridized carbons (Fsp3) is 0.667. The Kier molecular flexibility index (Phi) is 3.47. The second kappa shape index (κ2) is 4.87. The molecule has 0 aromatic carbocycles. The fourth-order valence-electron chi connectivity index (χ4n) is 1.98. The van der Waals surface area contributed by atoms with E-state index in [2.05, 4.69) is 4.98 Å². The average Bonchev–Trinajstić information content (AvgIpc) is 2.75. The fourth-order valence-corrected chi connectivity index (χ4v) is 1.98. The van der Waals surface area contributed by atoms with Crippen LogP contribution in [0, 0.1) is 0 Å². The maximum absolute atomic E-state index is 11.1. The first kappa shape index (κ1) is 12.1. The second-order valence-corrected chi connectivity index (χ2v) is 4.64. The molecule has 2 heterocycles. The molecular weight excluding hydrogens is 222 g/mol. The Morgan fingerprint density at radius 1 is 1.53 bits per heavy atom. The Bertz CT molecular complexity index is 405. The highest BCUT2D eigenvalue weighted by Gasteiger charge is 2.28. The van der Waals surface area contributed by atoms with Gasteiger partial charge in [-0.05, 0) is 12.8 Å². The van der Waals surface area contributed by atoms with Gasteiger partial charge in [0.05, 0.1) is 12.3 Å². The quantitative estimate of drug-likeness (QED) is 0.876. The zero-order valence-corrected chi connectivity index (χ0v) is 10.1. The predicted octanol–water partition coefficient (Wildman–Crippen LogP) is 2.39. The number of carboxylic acids is 1. The van der Waals surface area contributed by atoms with Gasteiger partial charge in [-0.15, -0.1) is 0 Å². The van der Waals surface area contributed by atoms with Crippen LogP contribution in [-0.4, -0.2) is 29.3 Å². The highest BCUT2D eigenvalue weighted by molar-refractivity contribution is 5.85. The summed E-state index contributed by atoms with van der Waals surface area (Å²) in [4.78, 5) is 15.5. The van der Waals surface area contributed by atoms with Gasteiger partial charge in [0, 0.05) is 18.4 Å². The monoisotopic (exact) mass is 239 g/mol. The molecule has 1 saturated heterocycles. The molecule has 0 saturated carbocycles. The van der Waals surface area contributed by atoms with Crippen molar-refractivity contribution < 1.29 is 19.1 Å². The van der Waals surface area contributed by atoms with Crippen molar-refractivity contribution in [3.63, 3.8) is 0 Å². The Hall–Kier alpha value is -1.36. The van der Waals surface area contributed by atoms with Crippen LogP contribution in [0.25, 0.3) is 0 Å². The number of oxazole rings is 1. The van der Waals surface area contributed by atoms with Gasteiger partial charge in [-0.3, -0.25) is 0 Å². The number of rotatable bonds is 3. The minimum atomic E-state index is -1.05. The first-order chi connectivity index (χ1) is 8.09. The summed E-state index contributed by atoms with van der Waals surface area (Å²) in [5, 5.41) is 9.12. The molecule has 1 aliphatic heterocycles. The Morgan fingerprint density at radius 3 is 2.82 bits per heavy atom. The van der Waals surface area contributed by atoms with E-state index < -0.39 is 5.97 Å². The van der Waals surface area contributed by atoms with E-state index in [9.17, 15) is 4.79 Å². The van der Waals surface area contributed by atoms with Crippen molar-refractivity contribution in [3.05, 3.63) is 17.3 Å². The van der Waals surface area contributed by atoms with Crippen LogP contribution in [0.15, 0.2) is 4.42 Å². The molecule has 5 nitrogen and oxygen atoms in total. The van der Waals surface area contributed by atoms with Gasteiger partial charge in [0.25, 0.3) is 0 Å². The Morgan fingerprint density at radius 2 is 2.29 bits per heavy atom. The van der Waals surface area contributed by atoms with Crippen molar-refractivity contribution in [1.82, 2.24) is 4.98 Å². The summed E-state index contributed by atoms with van der Waals surface area (Å²) in [5.41, 5.74) is 0.543. The van der Waals surface area contributed by atoms with Crippen molar-refractivity contribution in [2.24, 2.45) is 0 Å². The van der Waals surface area contributed by atoms with Crippen LogP contribution in [0.2, 0.25) is 0 Å². The van der Waals surface area contributed by atoms with Crippen molar-refractivity contribution in [3.8, 4) is 0 Å². The van der Waals surface area contributed by atoms with Gasteiger partial charge in [-0.25, -0.2) is 9.78 Å². The topological polar surface area (TPSA) is 72.6 Å². The molecule has 0 aliphatic carbocycles. The third-order valence-electron chi connectivity index (χ3n) is 2.91. The highest BCUT2D eigenvalue weighted by Crippen LogP contribution is 2.29. The van der Waals surface area contributed by atoms with Gasteiger partial charge in [0.1, 0.15) is 0 Å². The molecule has 1 atom stereocenters. The summed E-state index contributed by atoms with van der Waals surface area (Å²) in [6, 6.07) is 0. The first-order valence-corrected chi connectivity index (χ1v) is 5.91. The minimum absolute atomic E-state index is 0.0239. The van der Waals surface area contributed by atoms with Crippen molar-refractivity contribution in [2.45, 2.75) is 38.5 Å². The second-order valence-electron chi connectivity index (χ2n) is 4.64. The van der Waals surface area contributed by atoms with Crippen LogP contribution in [0.5, 0.6) is 0 Å². The maximum atomic E-state index is 11.1. The number of nitrogens with zero attached hydrogens (tertiary/aromatic N) is 1. The lowest BCUT2D eigenvalue weighted by Gasteiger charge is -2.20. The summed E-state index contributed by atoms with van der Waals surface area (Å²) < 4.78 is 10.7. The average molecular weight is 239 g/mol. The highest BCUT2D eigenvalue weighted by atomic mass is 16.5. The maximum Gasteiger partial charge on any atom is 0.373 e. The van der Waals surface area contributed by atoms with E-state index in [0.717, 1.165) is 19.4 Å². The number of hydrogen-bond acceptors (Lipinski definition) is 4. The molecule has 1 fully saturated rings. The van der Waals surface area contributed by atoms with Crippen LogP contribution >= 0.6 is 0 Å². The van der Waals surface area contributed by atoms with Gasteiger partial charge >= 0.3 is 5.97 Å². The van der Waals surface area contributed by atoms with E-state index in [0.29, 0.717) is 18.2 Å². The van der Waals surface area contributed by atoms with Gasteiger partial charge < -0.3 is 14.3 Å². The summed E-state index contributed by atoms with van der Waals surface area (Å²) >= 11 is 0. The van der Waals surface area contributed by atoms with Crippen LogP contribution in [-0.2, 0) is 4.74 Å². The van der Waals surface area contributed by atoms with Crippen LogP contribution < -0.4 is 0 Å². The van der Waals surface area contributed by atoms with Crippen LogP contribution in [0.3, 0.4) is 0 Å². The van der Waals surface area contributed by atoms with E-state index in [1.165, 1.54) is 0 Å². The van der Waals surface area contributed by atoms with Gasteiger partial charge in [-0.2, -0.15) is 0 Å². The molecule has 17 heavy (non-hydrogen) atoms. The first-order valence-electron chi connectivity index (χ1n) is 5.91. The number of aromatic nitrogens is 1. The molecule has 0 amide bonds. The lowest BCUT2D eigenvalue weighted by Crippen LogP contribution is -2.18. The summed E-state index contributed by atoms with van der Waals surface area (Å²) in [6.45, 7) is 5.13. The predicted molar refractivity (Wildman–Crippen MR) is 60.3 cm³/mol. The lowest BCUT2D eigenvalue weighted by molar-refractivity contribution is 0.0641. The molecule has 1 N–H and O–H groups in total. The van der Waals surface area contributed by atoms with Gasteiger partial charge in [0.15, 0.2) is 5.89 Å². The molecule has 0 spiro atoms. The molecule has 1 aromatic heterocycles. The number of aromatic carboxylic acids is 1. The molecule has 0 bridgehead atoms. The molecule has 2 rings (SSSR count). The minimum Gasteiger partial charge on any atom is -0.475 e. The van der Waals surface area contributed by atoms with Crippen molar-refractivity contribution >= 4 is 5.97 Å². The summed E-state index contributed by atoms with van der Waals surface area (Å²) in [6.07, 6.45) is 1.85. The molecule has 1 aliphatic rings.